The zero-order valence-electron chi connectivity index (χ0n) is 49.3. The van der Waals surface area contributed by atoms with Crippen LogP contribution in [0.5, 0.6) is 0 Å². The summed E-state index contributed by atoms with van der Waals surface area (Å²) in [4.78, 5) is 38.0. The highest BCUT2D eigenvalue weighted by Gasteiger charge is 2.19. The minimum atomic E-state index is -0.903. The molecule has 0 aromatic carbocycles. The van der Waals surface area contributed by atoms with Gasteiger partial charge in [0.25, 0.3) is 0 Å². The highest BCUT2D eigenvalue weighted by Crippen LogP contribution is 2.09. The van der Waals surface area contributed by atoms with Crippen LogP contribution in [0.3, 0.4) is 0 Å². The van der Waals surface area contributed by atoms with Crippen molar-refractivity contribution in [1.82, 2.24) is 0 Å². The molecule has 1 unspecified atom stereocenters. The minimum Gasteiger partial charge on any atom is -0.462 e. The van der Waals surface area contributed by atoms with Crippen molar-refractivity contribution in [3.63, 3.8) is 0 Å². The lowest BCUT2D eigenvalue weighted by molar-refractivity contribution is -0.166. The van der Waals surface area contributed by atoms with Crippen LogP contribution >= 0.6 is 0 Å². The summed E-state index contributed by atoms with van der Waals surface area (Å²) in [6.45, 7) is 6.05. The fraction of sp³-hybridized carbons (Fsp3) is 0.438. The third-order valence-electron chi connectivity index (χ3n) is 11.2. The lowest BCUT2D eigenvalue weighted by Crippen LogP contribution is -2.30. The van der Waals surface area contributed by atoms with Gasteiger partial charge in [0.1, 0.15) is 13.2 Å². The van der Waals surface area contributed by atoms with Gasteiger partial charge in [0, 0.05) is 6.42 Å². The Balaban J connectivity index is 4.58. The molecule has 0 bridgehead atoms. The van der Waals surface area contributed by atoms with Gasteiger partial charge in [0.2, 0.25) is 0 Å². The molecule has 0 fully saturated rings. The quantitative estimate of drug-likeness (QED) is 0.0261. The Labute approximate surface area is 482 Å². The number of unbranched alkanes of at least 4 members (excludes halogenated alkanes) is 3. The second-order valence-electron chi connectivity index (χ2n) is 18.4. The van der Waals surface area contributed by atoms with Crippen LogP contribution in [0.2, 0.25) is 0 Å². The maximum atomic E-state index is 12.8. The first-order chi connectivity index (χ1) is 39.0. The van der Waals surface area contributed by atoms with E-state index in [1.807, 2.05) is 12.2 Å². The van der Waals surface area contributed by atoms with Crippen molar-refractivity contribution in [1.29, 1.82) is 0 Å². The van der Waals surface area contributed by atoms with E-state index >= 15 is 0 Å². The molecule has 0 heterocycles. The largest absolute Gasteiger partial charge is 0.462 e. The SMILES string of the molecule is CC/C=C\C/C=C\C/C=C\C/C=C\C/C=C\C/C=C\C/C=C\C/C=C\C/C=C\CCCCCC(=O)OCC(COC(=O)C/C=C\C/C=C\C/C=C\C/C=C\C/C=C\CC)OC(=O)C/C=C\C/C=C\C/C=C\C/C=C\C/C=C\CC. The number of esters is 3. The van der Waals surface area contributed by atoms with Gasteiger partial charge in [-0.25, -0.2) is 0 Å². The van der Waals surface area contributed by atoms with Gasteiger partial charge in [-0.05, 0) is 141 Å². The summed E-state index contributed by atoms with van der Waals surface area (Å²) in [5, 5.41) is 0. The lowest BCUT2D eigenvalue weighted by atomic mass is 10.1. The first-order valence-electron chi connectivity index (χ1n) is 29.9. The Kier molecular flexibility index (Phi) is 58.7. The van der Waals surface area contributed by atoms with E-state index in [1.54, 1.807) is 12.2 Å². The molecule has 432 valence electrons. The fourth-order valence-electron chi connectivity index (χ4n) is 6.87. The minimum absolute atomic E-state index is 0.0559. The number of hydrogen-bond acceptors (Lipinski definition) is 6. The van der Waals surface area contributed by atoms with E-state index in [9.17, 15) is 14.4 Å². The monoisotopic (exact) mass is 1080 g/mol. The standard InChI is InChI=1S/C73H104O6/c1-4-7-10-13-16-19-22-25-28-29-30-31-32-33-34-35-36-37-38-39-40-41-42-43-46-48-51-54-57-60-63-66-72(75)78-69-70(79-73(76)67-64-61-58-55-52-49-45-27-24-21-18-15-12-9-6-3)68-77-71(74)65-62-59-56-53-50-47-44-26-23-20-17-14-11-8-5-2/h7-12,16-21,25-28,30-31,33-34,36-37,39-40,42-45,48,50-53,55,59,61-62,64,70H,4-6,13-15,22-24,29,32,35,38,41,46-47,49,54,56-58,60,63,65-69H2,1-3H3/b10-7-,11-8-,12-9-,19-16-,20-17-,21-18-,28-25-,31-30-,34-33-,37-36-,40-39-,43-42-,44-26-,45-27-,51-48-,53-50-,55-52-,62-59-,64-61-. The number of carbonyl (C=O) groups is 3. The maximum Gasteiger partial charge on any atom is 0.310 e. The van der Waals surface area contributed by atoms with Crippen LogP contribution in [0.25, 0.3) is 0 Å². The van der Waals surface area contributed by atoms with Crippen molar-refractivity contribution in [2.75, 3.05) is 13.2 Å². The summed E-state index contributed by atoms with van der Waals surface area (Å²) >= 11 is 0. The zero-order valence-corrected chi connectivity index (χ0v) is 49.3. The van der Waals surface area contributed by atoms with Crippen molar-refractivity contribution >= 4 is 17.9 Å². The van der Waals surface area contributed by atoms with E-state index in [0.717, 1.165) is 128 Å². The molecule has 0 radical (unpaired) electrons. The predicted octanol–water partition coefficient (Wildman–Crippen LogP) is 20.8. The Morgan fingerprint density at radius 3 is 0.797 bits per heavy atom. The van der Waals surface area contributed by atoms with E-state index < -0.39 is 18.0 Å². The molecular weight excluding hydrogens is 973 g/mol. The van der Waals surface area contributed by atoms with Gasteiger partial charge in [-0.1, -0.05) is 258 Å². The number of carbonyl (C=O) groups excluding carboxylic acids is 3. The smallest absolute Gasteiger partial charge is 0.310 e. The summed E-state index contributed by atoms with van der Waals surface area (Å²) in [5.41, 5.74) is 0. The molecule has 0 aliphatic carbocycles. The van der Waals surface area contributed by atoms with Crippen LogP contribution in [0.4, 0.5) is 0 Å². The topological polar surface area (TPSA) is 78.9 Å². The third-order valence-corrected chi connectivity index (χ3v) is 11.2. The first kappa shape index (κ1) is 72.5. The van der Waals surface area contributed by atoms with E-state index in [-0.39, 0.29) is 38.4 Å². The molecule has 0 rings (SSSR count). The van der Waals surface area contributed by atoms with Crippen molar-refractivity contribution in [2.45, 2.75) is 194 Å². The molecule has 0 aliphatic rings. The number of allylic oxidation sites excluding steroid dienone is 36. The molecule has 0 N–H and O–H groups in total. The van der Waals surface area contributed by atoms with Gasteiger partial charge in [-0.2, -0.15) is 0 Å². The normalized spacial score (nSPS) is 13.8. The van der Waals surface area contributed by atoms with Crippen LogP contribution in [0.15, 0.2) is 231 Å². The Morgan fingerprint density at radius 1 is 0.266 bits per heavy atom. The third kappa shape index (κ3) is 62.2. The second-order valence-corrected chi connectivity index (χ2v) is 18.4. The van der Waals surface area contributed by atoms with Gasteiger partial charge < -0.3 is 14.2 Å². The molecule has 0 aliphatic heterocycles. The van der Waals surface area contributed by atoms with Crippen molar-refractivity contribution < 1.29 is 28.6 Å². The summed E-state index contributed by atoms with van der Waals surface area (Å²) in [6, 6.07) is 0. The molecule has 6 nitrogen and oxygen atoms in total. The number of rotatable bonds is 50. The van der Waals surface area contributed by atoms with Crippen molar-refractivity contribution in [3.05, 3.63) is 231 Å². The predicted molar refractivity (Wildman–Crippen MR) is 343 cm³/mol. The molecular formula is C73H104O6. The Bertz CT molecular complexity index is 2060. The van der Waals surface area contributed by atoms with Crippen molar-refractivity contribution in [3.8, 4) is 0 Å². The van der Waals surface area contributed by atoms with Crippen LogP contribution in [0.1, 0.15) is 188 Å². The second kappa shape index (κ2) is 64.0. The van der Waals surface area contributed by atoms with Crippen LogP contribution in [-0.4, -0.2) is 37.2 Å². The van der Waals surface area contributed by atoms with Crippen LogP contribution < -0.4 is 0 Å². The van der Waals surface area contributed by atoms with Gasteiger partial charge >= 0.3 is 17.9 Å². The average molecular weight is 1080 g/mol. The molecule has 79 heavy (non-hydrogen) atoms. The molecule has 6 heteroatoms. The van der Waals surface area contributed by atoms with E-state index in [4.69, 9.17) is 14.2 Å². The van der Waals surface area contributed by atoms with E-state index in [1.165, 1.54) is 0 Å². The van der Waals surface area contributed by atoms with Gasteiger partial charge in [-0.3, -0.25) is 14.4 Å². The van der Waals surface area contributed by atoms with Crippen LogP contribution in [0, 0.1) is 0 Å². The molecule has 0 spiro atoms. The molecule has 0 aromatic rings. The summed E-state index contributed by atoms with van der Waals surface area (Å²) in [6.07, 6.45) is 102. The van der Waals surface area contributed by atoms with Crippen molar-refractivity contribution in [2.24, 2.45) is 0 Å². The van der Waals surface area contributed by atoms with Gasteiger partial charge in [0.15, 0.2) is 6.10 Å². The van der Waals surface area contributed by atoms with Gasteiger partial charge in [-0.15, -0.1) is 0 Å². The highest BCUT2D eigenvalue weighted by atomic mass is 16.6. The van der Waals surface area contributed by atoms with Crippen LogP contribution in [-0.2, 0) is 28.6 Å². The van der Waals surface area contributed by atoms with E-state index in [2.05, 4.69) is 227 Å². The lowest BCUT2D eigenvalue weighted by Gasteiger charge is -2.17. The highest BCUT2D eigenvalue weighted by molar-refractivity contribution is 5.72. The molecule has 0 saturated heterocycles. The number of ether oxygens (including phenoxy) is 3. The molecule has 0 amide bonds. The average Bonchev–Trinajstić information content (AvgIpc) is 3.45. The molecule has 0 saturated carbocycles. The fourth-order valence-corrected chi connectivity index (χ4v) is 6.87. The first-order valence-corrected chi connectivity index (χ1v) is 29.9. The maximum absolute atomic E-state index is 12.8. The molecule has 1 atom stereocenters. The number of hydrogen-bond donors (Lipinski definition) is 0. The molecule has 0 aromatic heterocycles. The Hall–Kier alpha value is -6.53. The summed E-state index contributed by atoms with van der Waals surface area (Å²) in [5.74, 6) is -1.29. The van der Waals surface area contributed by atoms with E-state index in [0.29, 0.717) is 19.3 Å². The summed E-state index contributed by atoms with van der Waals surface area (Å²) < 4.78 is 16.6. The van der Waals surface area contributed by atoms with Gasteiger partial charge in [0.05, 0.1) is 12.8 Å². The zero-order chi connectivity index (χ0) is 57.1. The summed E-state index contributed by atoms with van der Waals surface area (Å²) in [7, 11) is 0. The Morgan fingerprint density at radius 2 is 0.506 bits per heavy atom.